The lowest BCUT2D eigenvalue weighted by atomic mass is 9.98. The number of alkyl halides is 3. The number of nitrogens with one attached hydrogen (secondary N) is 1. The molecule has 1 aromatic carbocycles. The van der Waals surface area contributed by atoms with E-state index >= 15 is 0 Å². The Balaban J connectivity index is 0.00000261. The number of rotatable bonds is 4. The summed E-state index contributed by atoms with van der Waals surface area (Å²) in [6.45, 7) is 2.03. The Hall–Kier alpha value is -2.13. The molecule has 1 aliphatic heterocycles. The van der Waals surface area contributed by atoms with Gasteiger partial charge < -0.3 is 10.2 Å². The van der Waals surface area contributed by atoms with Gasteiger partial charge in [-0.25, -0.2) is 4.68 Å². The number of likely N-dealkylation sites (tertiary alicyclic amines) is 1. The number of halogens is 4. The number of hydrogen-bond acceptors (Lipinski definition) is 4. The van der Waals surface area contributed by atoms with Crippen LogP contribution in [0.2, 0.25) is 0 Å². The number of amides is 1. The van der Waals surface area contributed by atoms with Crippen molar-refractivity contribution in [2.75, 3.05) is 26.7 Å². The third-order valence-corrected chi connectivity index (χ3v) is 4.47. The van der Waals surface area contributed by atoms with Crippen molar-refractivity contribution in [2.45, 2.75) is 19.0 Å². The zero-order valence-corrected chi connectivity index (χ0v) is 15.6. The number of carbonyl (C=O) groups is 1. The van der Waals surface area contributed by atoms with Gasteiger partial charge in [-0.05, 0) is 44.5 Å². The molecule has 2 aromatic rings. The van der Waals surface area contributed by atoms with Gasteiger partial charge in [0.25, 0.3) is 5.91 Å². The molecule has 1 aromatic heterocycles. The third kappa shape index (κ3) is 4.78. The second-order valence-corrected chi connectivity index (χ2v) is 6.38. The topological polar surface area (TPSA) is 63.1 Å². The summed E-state index contributed by atoms with van der Waals surface area (Å²) >= 11 is 0. The van der Waals surface area contributed by atoms with Gasteiger partial charge in [0.15, 0.2) is 5.69 Å². The van der Waals surface area contributed by atoms with Crippen LogP contribution in [0.4, 0.5) is 13.2 Å². The van der Waals surface area contributed by atoms with Crippen LogP contribution in [0.5, 0.6) is 0 Å². The molecule has 0 bridgehead atoms. The molecule has 1 aliphatic rings. The van der Waals surface area contributed by atoms with Gasteiger partial charge in [-0.15, -0.1) is 17.5 Å². The molecule has 1 amide bonds. The van der Waals surface area contributed by atoms with Crippen LogP contribution in [0.25, 0.3) is 5.69 Å². The molecule has 1 fully saturated rings. The summed E-state index contributed by atoms with van der Waals surface area (Å²) in [6, 6.07) is 5.08. The maximum absolute atomic E-state index is 13.2. The number of aromatic nitrogens is 3. The Morgan fingerprint density at radius 3 is 2.78 bits per heavy atom. The van der Waals surface area contributed by atoms with Crippen molar-refractivity contribution in [3.8, 4) is 5.69 Å². The Morgan fingerprint density at radius 1 is 1.33 bits per heavy atom. The zero-order chi connectivity index (χ0) is 18.7. The maximum atomic E-state index is 13.2. The Morgan fingerprint density at radius 2 is 2.07 bits per heavy atom. The summed E-state index contributed by atoms with van der Waals surface area (Å²) in [5, 5.41) is 10.6. The van der Waals surface area contributed by atoms with Gasteiger partial charge >= 0.3 is 6.18 Å². The summed E-state index contributed by atoms with van der Waals surface area (Å²) in [6.07, 6.45) is -1.33. The Labute approximate surface area is 161 Å². The summed E-state index contributed by atoms with van der Waals surface area (Å²) in [7, 11) is 1.87. The molecule has 1 atom stereocenters. The molecular weight excluding hydrogens is 383 g/mol. The average Bonchev–Trinajstić information content (AvgIpc) is 3.11. The molecule has 3 rings (SSSR count). The Bertz CT molecular complexity index is 778. The lowest BCUT2D eigenvalue weighted by molar-refractivity contribution is -0.137. The molecule has 0 radical (unpaired) electrons. The summed E-state index contributed by atoms with van der Waals surface area (Å²) in [4.78, 5) is 14.3. The highest BCUT2D eigenvalue weighted by atomic mass is 35.5. The lowest BCUT2D eigenvalue weighted by Crippen LogP contribution is -2.42. The summed E-state index contributed by atoms with van der Waals surface area (Å²) in [5.41, 5.74) is -0.929. The van der Waals surface area contributed by atoms with Crippen LogP contribution in [0.15, 0.2) is 30.5 Å². The SMILES string of the molecule is CNCC1CCCN(C(=O)c2cn(-c3ccccc3C(F)(F)F)nn2)C1.Cl. The van der Waals surface area contributed by atoms with E-state index in [4.69, 9.17) is 0 Å². The van der Waals surface area contributed by atoms with Gasteiger partial charge in [0.1, 0.15) is 0 Å². The molecular formula is C17H21ClF3N5O. The van der Waals surface area contributed by atoms with E-state index in [2.05, 4.69) is 15.6 Å². The molecule has 148 valence electrons. The zero-order valence-electron chi connectivity index (χ0n) is 14.7. The van der Waals surface area contributed by atoms with Crippen molar-refractivity contribution in [3.05, 3.63) is 41.7 Å². The number of hydrogen-bond donors (Lipinski definition) is 1. The average molecular weight is 404 g/mol. The first-order valence-electron chi connectivity index (χ1n) is 8.43. The van der Waals surface area contributed by atoms with Crippen molar-refractivity contribution < 1.29 is 18.0 Å². The molecule has 1 N–H and O–H groups in total. The predicted octanol–water partition coefficient (Wildman–Crippen LogP) is 2.78. The van der Waals surface area contributed by atoms with E-state index in [1.165, 1.54) is 24.4 Å². The minimum Gasteiger partial charge on any atom is -0.337 e. The number of benzene rings is 1. The highest BCUT2D eigenvalue weighted by Gasteiger charge is 2.34. The van der Waals surface area contributed by atoms with Gasteiger partial charge in [-0.3, -0.25) is 4.79 Å². The first-order chi connectivity index (χ1) is 12.4. The van der Waals surface area contributed by atoms with E-state index in [-0.39, 0.29) is 29.7 Å². The largest absolute Gasteiger partial charge is 0.418 e. The molecule has 10 heteroatoms. The molecule has 0 spiro atoms. The van der Waals surface area contributed by atoms with Crippen LogP contribution in [-0.4, -0.2) is 52.5 Å². The smallest absolute Gasteiger partial charge is 0.337 e. The van der Waals surface area contributed by atoms with E-state index in [1.54, 1.807) is 4.90 Å². The first kappa shape index (κ1) is 21.2. The Kier molecular flexibility index (Phi) is 6.83. The van der Waals surface area contributed by atoms with Gasteiger partial charge in [0.05, 0.1) is 17.4 Å². The summed E-state index contributed by atoms with van der Waals surface area (Å²) in [5.74, 6) is 0.0558. The highest BCUT2D eigenvalue weighted by molar-refractivity contribution is 5.92. The molecule has 2 heterocycles. The van der Waals surface area contributed by atoms with Crippen LogP contribution < -0.4 is 5.32 Å². The van der Waals surface area contributed by atoms with E-state index < -0.39 is 11.7 Å². The van der Waals surface area contributed by atoms with E-state index in [9.17, 15) is 18.0 Å². The van der Waals surface area contributed by atoms with Crippen molar-refractivity contribution in [1.82, 2.24) is 25.2 Å². The lowest BCUT2D eigenvalue weighted by Gasteiger charge is -2.32. The normalized spacial score (nSPS) is 17.5. The van der Waals surface area contributed by atoms with Crippen molar-refractivity contribution in [3.63, 3.8) is 0 Å². The second-order valence-electron chi connectivity index (χ2n) is 6.38. The third-order valence-electron chi connectivity index (χ3n) is 4.47. The number of piperidine rings is 1. The van der Waals surface area contributed by atoms with Gasteiger partial charge in [0, 0.05) is 13.1 Å². The van der Waals surface area contributed by atoms with Crippen molar-refractivity contribution in [1.29, 1.82) is 0 Å². The molecule has 0 saturated carbocycles. The highest BCUT2D eigenvalue weighted by Crippen LogP contribution is 2.33. The molecule has 6 nitrogen and oxygen atoms in total. The number of nitrogens with zero attached hydrogens (tertiary/aromatic N) is 4. The second kappa shape index (κ2) is 8.71. The van der Waals surface area contributed by atoms with Crippen LogP contribution >= 0.6 is 12.4 Å². The minimum atomic E-state index is -4.51. The van der Waals surface area contributed by atoms with Gasteiger partial charge in [0.2, 0.25) is 0 Å². The quantitative estimate of drug-likeness (QED) is 0.852. The van der Waals surface area contributed by atoms with E-state index in [0.717, 1.165) is 30.1 Å². The van der Waals surface area contributed by atoms with Crippen LogP contribution in [0, 0.1) is 5.92 Å². The van der Waals surface area contributed by atoms with Crippen molar-refractivity contribution >= 4 is 18.3 Å². The fourth-order valence-electron chi connectivity index (χ4n) is 3.26. The first-order valence-corrected chi connectivity index (χ1v) is 8.43. The number of para-hydroxylation sites is 1. The molecule has 27 heavy (non-hydrogen) atoms. The van der Waals surface area contributed by atoms with E-state index in [0.29, 0.717) is 19.0 Å². The van der Waals surface area contributed by atoms with Crippen LogP contribution in [0.1, 0.15) is 28.9 Å². The van der Waals surface area contributed by atoms with Crippen LogP contribution in [0.3, 0.4) is 0 Å². The van der Waals surface area contributed by atoms with Crippen LogP contribution in [-0.2, 0) is 6.18 Å². The molecule has 1 unspecified atom stereocenters. The predicted molar refractivity (Wildman–Crippen MR) is 96.2 cm³/mol. The fourth-order valence-corrected chi connectivity index (χ4v) is 3.26. The number of carbonyl (C=O) groups excluding carboxylic acids is 1. The minimum absolute atomic E-state index is 0. The van der Waals surface area contributed by atoms with Gasteiger partial charge in [-0.2, -0.15) is 13.2 Å². The van der Waals surface area contributed by atoms with E-state index in [1.807, 2.05) is 7.05 Å². The fraction of sp³-hybridized carbons (Fsp3) is 0.471. The molecule has 0 aliphatic carbocycles. The summed E-state index contributed by atoms with van der Waals surface area (Å²) < 4.78 is 40.5. The van der Waals surface area contributed by atoms with Gasteiger partial charge in [-0.1, -0.05) is 17.3 Å². The molecule has 1 saturated heterocycles. The van der Waals surface area contributed by atoms with Crippen molar-refractivity contribution in [2.24, 2.45) is 5.92 Å². The monoisotopic (exact) mass is 403 g/mol. The standard InChI is InChI=1S/C17H20F3N5O.ClH/c1-21-9-12-5-4-8-24(10-12)16(26)14-11-25(23-22-14)15-7-3-2-6-13(15)17(18,19)20;/h2-3,6-7,11-12,21H,4-5,8-10H2,1H3;1H. The maximum Gasteiger partial charge on any atom is 0.418 e.